The number of aliphatic carboxylic acids is 1. The lowest BCUT2D eigenvalue weighted by Crippen LogP contribution is -2.45. The van der Waals surface area contributed by atoms with Crippen molar-refractivity contribution in [1.29, 1.82) is 0 Å². The van der Waals surface area contributed by atoms with Crippen molar-refractivity contribution in [2.45, 2.75) is 44.7 Å². The molecular weight excluding hydrogens is 292 g/mol. The summed E-state index contributed by atoms with van der Waals surface area (Å²) in [6.45, 7) is 2.81. The SMILES string of the molecule is CCN(C)C(C(=O)NC1CCC(C(=O)O)CC1)c1ccccc1. The summed E-state index contributed by atoms with van der Waals surface area (Å²) in [4.78, 5) is 25.8. The Kier molecular flexibility index (Phi) is 6.16. The lowest BCUT2D eigenvalue weighted by molar-refractivity contribution is -0.142. The standard InChI is InChI=1S/C18H26N2O3/c1-3-20(2)16(13-7-5-4-6-8-13)17(21)19-15-11-9-14(10-12-15)18(22)23/h4-8,14-16H,3,9-12H2,1-2H3,(H,19,21)(H,22,23). The molecule has 2 N–H and O–H groups in total. The van der Waals surface area contributed by atoms with Gasteiger partial charge in [0.1, 0.15) is 6.04 Å². The first-order valence-corrected chi connectivity index (χ1v) is 8.31. The molecule has 23 heavy (non-hydrogen) atoms. The van der Waals surface area contributed by atoms with E-state index in [1.807, 2.05) is 49.2 Å². The first kappa shape index (κ1) is 17.5. The molecule has 1 atom stereocenters. The molecule has 2 rings (SSSR count). The largest absolute Gasteiger partial charge is 0.481 e. The number of carbonyl (C=O) groups excluding carboxylic acids is 1. The Morgan fingerprint density at radius 2 is 1.83 bits per heavy atom. The molecule has 1 aromatic rings. The Morgan fingerprint density at radius 1 is 1.22 bits per heavy atom. The van der Waals surface area contributed by atoms with Crippen LogP contribution in [0.15, 0.2) is 30.3 Å². The van der Waals surface area contributed by atoms with Crippen LogP contribution < -0.4 is 5.32 Å². The number of carboxylic acid groups (broad SMARTS) is 1. The molecule has 1 aliphatic carbocycles. The molecule has 0 spiro atoms. The zero-order valence-corrected chi connectivity index (χ0v) is 13.9. The fraction of sp³-hybridized carbons (Fsp3) is 0.556. The van der Waals surface area contributed by atoms with Crippen molar-refractivity contribution in [2.24, 2.45) is 5.92 Å². The Morgan fingerprint density at radius 3 is 2.35 bits per heavy atom. The van der Waals surface area contributed by atoms with E-state index in [1.165, 1.54) is 0 Å². The maximum atomic E-state index is 12.8. The van der Waals surface area contributed by atoms with Gasteiger partial charge in [-0.3, -0.25) is 14.5 Å². The van der Waals surface area contributed by atoms with Gasteiger partial charge in [-0.15, -0.1) is 0 Å². The third-order valence-corrected chi connectivity index (χ3v) is 4.73. The highest BCUT2D eigenvalue weighted by molar-refractivity contribution is 5.83. The molecule has 1 amide bonds. The van der Waals surface area contributed by atoms with E-state index in [-0.39, 0.29) is 23.9 Å². The number of amides is 1. The van der Waals surface area contributed by atoms with Crippen molar-refractivity contribution in [3.63, 3.8) is 0 Å². The maximum absolute atomic E-state index is 12.8. The highest BCUT2D eigenvalue weighted by Crippen LogP contribution is 2.26. The van der Waals surface area contributed by atoms with Crippen LogP contribution in [0.4, 0.5) is 0 Å². The summed E-state index contributed by atoms with van der Waals surface area (Å²) >= 11 is 0. The van der Waals surface area contributed by atoms with Crippen molar-refractivity contribution in [2.75, 3.05) is 13.6 Å². The van der Waals surface area contributed by atoms with Crippen molar-refractivity contribution < 1.29 is 14.7 Å². The molecule has 126 valence electrons. The monoisotopic (exact) mass is 318 g/mol. The molecule has 0 bridgehead atoms. The number of nitrogens with zero attached hydrogens (tertiary/aromatic N) is 1. The van der Waals surface area contributed by atoms with Gasteiger partial charge in [-0.05, 0) is 44.8 Å². The number of nitrogens with one attached hydrogen (secondary N) is 1. The molecule has 1 fully saturated rings. The van der Waals surface area contributed by atoms with Gasteiger partial charge in [0.05, 0.1) is 5.92 Å². The summed E-state index contributed by atoms with van der Waals surface area (Å²) in [5.41, 5.74) is 0.980. The summed E-state index contributed by atoms with van der Waals surface area (Å²) in [6, 6.07) is 9.54. The van der Waals surface area contributed by atoms with E-state index in [1.54, 1.807) is 0 Å². The molecule has 0 aromatic heterocycles. The summed E-state index contributed by atoms with van der Waals surface area (Å²) in [5.74, 6) is -0.978. The van der Waals surface area contributed by atoms with Crippen molar-refractivity contribution in [3.05, 3.63) is 35.9 Å². The van der Waals surface area contributed by atoms with E-state index in [4.69, 9.17) is 5.11 Å². The first-order chi connectivity index (χ1) is 11.0. The number of carbonyl (C=O) groups is 2. The Labute approximate surface area is 137 Å². The highest BCUT2D eigenvalue weighted by Gasteiger charge is 2.30. The molecule has 1 aromatic carbocycles. The number of hydrogen-bond acceptors (Lipinski definition) is 3. The minimum Gasteiger partial charge on any atom is -0.481 e. The molecule has 5 heteroatoms. The minimum absolute atomic E-state index is 0.000625. The van der Waals surface area contributed by atoms with Crippen molar-refractivity contribution in [3.8, 4) is 0 Å². The fourth-order valence-electron chi connectivity index (χ4n) is 3.19. The molecule has 0 saturated heterocycles. The van der Waals surface area contributed by atoms with Gasteiger partial charge >= 0.3 is 5.97 Å². The predicted molar refractivity (Wildman–Crippen MR) is 89.0 cm³/mol. The van der Waals surface area contributed by atoms with E-state index in [9.17, 15) is 9.59 Å². The van der Waals surface area contributed by atoms with Crippen LogP contribution in [0, 0.1) is 5.92 Å². The lowest BCUT2D eigenvalue weighted by Gasteiger charge is -2.31. The van der Waals surface area contributed by atoms with Gasteiger partial charge in [-0.1, -0.05) is 37.3 Å². The molecule has 1 saturated carbocycles. The van der Waals surface area contributed by atoms with Gasteiger partial charge in [-0.2, -0.15) is 0 Å². The zero-order chi connectivity index (χ0) is 16.8. The van der Waals surface area contributed by atoms with E-state index < -0.39 is 5.97 Å². The number of likely N-dealkylation sites (N-methyl/N-ethyl adjacent to an activating group) is 1. The van der Waals surface area contributed by atoms with Gasteiger partial charge in [0.15, 0.2) is 0 Å². The second-order valence-corrected chi connectivity index (χ2v) is 6.28. The van der Waals surface area contributed by atoms with Gasteiger partial charge in [0.25, 0.3) is 0 Å². The molecule has 0 aliphatic heterocycles. The van der Waals surface area contributed by atoms with Crippen molar-refractivity contribution in [1.82, 2.24) is 10.2 Å². The average molecular weight is 318 g/mol. The van der Waals surface area contributed by atoms with Gasteiger partial charge < -0.3 is 10.4 Å². The molecular formula is C18H26N2O3. The average Bonchev–Trinajstić information content (AvgIpc) is 2.56. The highest BCUT2D eigenvalue weighted by atomic mass is 16.4. The molecule has 0 radical (unpaired) electrons. The van der Waals surface area contributed by atoms with Gasteiger partial charge in [0.2, 0.25) is 5.91 Å². The van der Waals surface area contributed by atoms with Crippen LogP contribution in [-0.4, -0.2) is 41.5 Å². The number of carboxylic acids is 1. The zero-order valence-electron chi connectivity index (χ0n) is 13.9. The summed E-state index contributed by atoms with van der Waals surface area (Å²) in [7, 11) is 1.94. The quantitative estimate of drug-likeness (QED) is 0.845. The van der Waals surface area contributed by atoms with Crippen LogP contribution in [-0.2, 0) is 9.59 Å². The predicted octanol–water partition coefficient (Wildman–Crippen LogP) is 2.44. The van der Waals surface area contributed by atoms with E-state index >= 15 is 0 Å². The van der Waals surface area contributed by atoms with Crippen LogP contribution in [0.5, 0.6) is 0 Å². The third kappa shape index (κ3) is 4.55. The van der Waals surface area contributed by atoms with Crippen LogP contribution in [0.3, 0.4) is 0 Å². The summed E-state index contributed by atoms with van der Waals surface area (Å²) in [5, 5.41) is 12.2. The Bertz CT molecular complexity index is 524. The Balaban J connectivity index is 2.00. The van der Waals surface area contributed by atoms with Crippen LogP contribution in [0.25, 0.3) is 0 Å². The Hall–Kier alpha value is -1.88. The van der Waals surface area contributed by atoms with E-state index in [2.05, 4.69) is 5.32 Å². The molecule has 1 aliphatic rings. The lowest BCUT2D eigenvalue weighted by atomic mass is 9.86. The number of benzene rings is 1. The minimum atomic E-state index is -0.720. The van der Waals surface area contributed by atoms with Crippen LogP contribution in [0.1, 0.15) is 44.2 Å². The molecule has 1 unspecified atom stereocenters. The topological polar surface area (TPSA) is 69.6 Å². The van der Waals surface area contributed by atoms with Crippen LogP contribution in [0.2, 0.25) is 0 Å². The van der Waals surface area contributed by atoms with E-state index in [0.717, 1.165) is 24.9 Å². The molecule has 0 heterocycles. The van der Waals surface area contributed by atoms with Crippen LogP contribution >= 0.6 is 0 Å². The fourth-order valence-corrected chi connectivity index (χ4v) is 3.19. The van der Waals surface area contributed by atoms with Crippen molar-refractivity contribution >= 4 is 11.9 Å². The number of hydrogen-bond donors (Lipinski definition) is 2. The summed E-state index contributed by atoms with van der Waals surface area (Å²) < 4.78 is 0. The maximum Gasteiger partial charge on any atom is 0.306 e. The number of rotatable bonds is 6. The normalized spacial score (nSPS) is 22.6. The van der Waals surface area contributed by atoms with Gasteiger partial charge in [-0.25, -0.2) is 0 Å². The second kappa shape index (κ2) is 8.11. The second-order valence-electron chi connectivity index (χ2n) is 6.28. The van der Waals surface area contributed by atoms with E-state index in [0.29, 0.717) is 12.8 Å². The third-order valence-electron chi connectivity index (χ3n) is 4.73. The summed E-state index contributed by atoms with van der Waals surface area (Å²) in [6.07, 6.45) is 2.75. The molecule has 5 nitrogen and oxygen atoms in total. The first-order valence-electron chi connectivity index (χ1n) is 8.31. The van der Waals surface area contributed by atoms with Gasteiger partial charge in [0, 0.05) is 6.04 Å². The smallest absolute Gasteiger partial charge is 0.306 e.